The minimum atomic E-state index is 0.201. The number of aliphatic hydroxyl groups is 1. The highest BCUT2D eigenvalue weighted by molar-refractivity contribution is 7.98. The highest BCUT2D eigenvalue weighted by Gasteiger charge is 2.25. The molecule has 0 amide bonds. The van der Waals surface area contributed by atoms with Crippen molar-refractivity contribution < 1.29 is 5.11 Å². The third-order valence-electron chi connectivity index (χ3n) is 4.76. The van der Waals surface area contributed by atoms with Gasteiger partial charge in [0.25, 0.3) is 0 Å². The maximum absolute atomic E-state index is 9.28. The van der Waals surface area contributed by atoms with Crippen molar-refractivity contribution in [1.29, 1.82) is 0 Å². The molecule has 140 valence electrons. The Hall–Kier alpha value is -1.83. The second-order valence-electron chi connectivity index (χ2n) is 6.80. The molecular formula is C19H27N5OS. The first-order chi connectivity index (χ1) is 12.5. The Labute approximate surface area is 159 Å². The molecule has 7 heteroatoms. The fourth-order valence-corrected chi connectivity index (χ4v) is 3.92. The van der Waals surface area contributed by atoms with Crippen LogP contribution in [0.1, 0.15) is 17.5 Å². The van der Waals surface area contributed by atoms with Gasteiger partial charge in [0.15, 0.2) is 5.16 Å². The number of aliphatic hydroxyl groups excluding tert-OH is 1. The Morgan fingerprint density at radius 3 is 2.73 bits per heavy atom. The predicted molar refractivity (Wildman–Crippen MR) is 108 cm³/mol. The van der Waals surface area contributed by atoms with Crippen LogP contribution in [0.25, 0.3) is 0 Å². The van der Waals surface area contributed by atoms with Crippen LogP contribution >= 0.6 is 11.8 Å². The SMILES string of the molecule is Cc1ccc(CSc2nc(N)cc(N3CCN(C)[C@@H](CCO)C3)n2)cc1. The zero-order valence-corrected chi connectivity index (χ0v) is 16.2. The molecule has 1 atom stereocenters. The molecule has 1 aromatic carbocycles. The maximum Gasteiger partial charge on any atom is 0.191 e. The van der Waals surface area contributed by atoms with E-state index in [1.165, 1.54) is 11.1 Å². The number of nitrogens with zero attached hydrogens (tertiary/aromatic N) is 4. The highest BCUT2D eigenvalue weighted by atomic mass is 32.2. The molecule has 26 heavy (non-hydrogen) atoms. The lowest BCUT2D eigenvalue weighted by Crippen LogP contribution is -2.52. The number of hydrogen-bond acceptors (Lipinski definition) is 7. The third kappa shape index (κ3) is 4.87. The fourth-order valence-electron chi connectivity index (χ4n) is 3.10. The summed E-state index contributed by atoms with van der Waals surface area (Å²) >= 11 is 1.60. The van der Waals surface area contributed by atoms with Crippen molar-refractivity contribution in [2.75, 3.05) is 43.9 Å². The number of piperazine rings is 1. The van der Waals surface area contributed by atoms with Crippen LogP contribution < -0.4 is 10.6 Å². The van der Waals surface area contributed by atoms with E-state index in [9.17, 15) is 5.11 Å². The van der Waals surface area contributed by atoms with E-state index in [0.717, 1.165) is 37.6 Å². The second kappa shape index (κ2) is 8.70. The highest BCUT2D eigenvalue weighted by Crippen LogP contribution is 2.25. The summed E-state index contributed by atoms with van der Waals surface area (Å²) in [4.78, 5) is 13.7. The number of aryl methyl sites for hydroxylation is 1. The average molecular weight is 374 g/mol. The van der Waals surface area contributed by atoms with Crippen LogP contribution in [0.4, 0.5) is 11.6 Å². The van der Waals surface area contributed by atoms with Gasteiger partial charge in [-0.3, -0.25) is 4.90 Å². The van der Waals surface area contributed by atoms with Crippen LogP contribution in [-0.4, -0.2) is 59.3 Å². The lowest BCUT2D eigenvalue weighted by molar-refractivity contribution is 0.170. The van der Waals surface area contributed by atoms with Gasteiger partial charge in [0.2, 0.25) is 0 Å². The lowest BCUT2D eigenvalue weighted by Gasteiger charge is -2.40. The second-order valence-corrected chi connectivity index (χ2v) is 7.74. The van der Waals surface area contributed by atoms with Gasteiger partial charge in [-0.15, -0.1) is 0 Å². The predicted octanol–water partition coefficient (Wildman–Crippen LogP) is 2.16. The van der Waals surface area contributed by atoms with E-state index in [2.05, 4.69) is 53.0 Å². The van der Waals surface area contributed by atoms with E-state index in [-0.39, 0.29) is 6.61 Å². The summed E-state index contributed by atoms with van der Waals surface area (Å²) in [5.74, 6) is 2.19. The normalized spacial score (nSPS) is 18.3. The summed E-state index contributed by atoms with van der Waals surface area (Å²) in [6, 6.07) is 10.7. The Bertz CT molecular complexity index is 724. The molecule has 0 bridgehead atoms. The topological polar surface area (TPSA) is 78.5 Å². The molecule has 1 aliphatic heterocycles. The standard InChI is InChI=1S/C19H27N5OS/c1-14-3-5-15(6-4-14)13-26-19-21-17(20)11-18(22-19)24-9-8-23(2)16(12-24)7-10-25/h3-6,11,16,25H,7-10,12-13H2,1-2H3,(H2,20,21,22)/t16-/m0/s1. The Balaban J connectivity index is 1.69. The lowest BCUT2D eigenvalue weighted by atomic mass is 10.1. The maximum atomic E-state index is 9.28. The van der Waals surface area contributed by atoms with Gasteiger partial charge in [0.05, 0.1) is 0 Å². The van der Waals surface area contributed by atoms with Gasteiger partial charge in [-0.05, 0) is 26.0 Å². The summed E-state index contributed by atoms with van der Waals surface area (Å²) in [5.41, 5.74) is 8.54. The fraction of sp³-hybridized carbons (Fsp3) is 0.474. The molecular weight excluding hydrogens is 346 g/mol. The number of aromatic nitrogens is 2. The number of hydrogen-bond donors (Lipinski definition) is 2. The quantitative estimate of drug-likeness (QED) is 0.593. The van der Waals surface area contributed by atoms with Crippen molar-refractivity contribution >= 4 is 23.4 Å². The molecule has 6 nitrogen and oxygen atoms in total. The Morgan fingerprint density at radius 2 is 2.00 bits per heavy atom. The van der Waals surface area contributed by atoms with Crippen molar-refractivity contribution in [3.63, 3.8) is 0 Å². The van der Waals surface area contributed by atoms with Gasteiger partial charge < -0.3 is 15.7 Å². The van der Waals surface area contributed by atoms with Gasteiger partial charge in [-0.2, -0.15) is 0 Å². The van der Waals surface area contributed by atoms with E-state index in [1.807, 2.05) is 6.07 Å². The molecule has 1 fully saturated rings. The van der Waals surface area contributed by atoms with Gasteiger partial charge in [-0.25, -0.2) is 9.97 Å². The zero-order chi connectivity index (χ0) is 18.5. The molecule has 2 aromatic rings. The van der Waals surface area contributed by atoms with E-state index < -0.39 is 0 Å². The van der Waals surface area contributed by atoms with E-state index in [4.69, 9.17) is 10.7 Å². The van der Waals surface area contributed by atoms with Crippen molar-refractivity contribution in [3.05, 3.63) is 41.5 Å². The molecule has 1 aromatic heterocycles. The monoisotopic (exact) mass is 373 g/mol. The van der Waals surface area contributed by atoms with Crippen LogP contribution in [0.3, 0.4) is 0 Å². The molecule has 0 spiro atoms. The van der Waals surface area contributed by atoms with E-state index in [1.54, 1.807) is 11.8 Å². The summed E-state index contributed by atoms with van der Waals surface area (Å²) in [7, 11) is 2.11. The minimum Gasteiger partial charge on any atom is -0.396 e. The largest absolute Gasteiger partial charge is 0.396 e. The van der Waals surface area contributed by atoms with Gasteiger partial charge >= 0.3 is 0 Å². The summed E-state index contributed by atoms with van der Waals surface area (Å²) < 4.78 is 0. The molecule has 3 rings (SSSR count). The number of likely N-dealkylation sites (N-methyl/N-ethyl adjacent to an activating group) is 1. The number of benzene rings is 1. The van der Waals surface area contributed by atoms with Crippen molar-refractivity contribution in [2.45, 2.75) is 30.3 Å². The molecule has 0 radical (unpaired) electrons. The van der Waals surface area contributed by atoms with Crippen LogP contribution in [0.2, 0.25) is 0 Å². The molecule has 0 unspecified atom stereocenters. The van der Waals surface area contributed by atoms with Gasteiger partial charge in [0.1, 0.15) is 11.6 Å². The van der Waals surface area contributed by atoms with Crippen LogP contribution in [0.15, 0.2) is 35.5 Å². The summed E-state index contributed by atoms with van der Waals surface area (Å²) in [6.45, 7) is 4.98. The first-order valence-electron chi connectivity index (χ1n) is 8.94. The van der Waals surface area contributed by atoms with Gasteiger partial charge in [0, 0.05) is 44.1 Å². The molecule has 1 saturated heterocycles. The average Bonchev–Trinajstić information content (AvgIpc) is 2.63. The first kappa shape index (κ1) is 18.9. The molecule has 0 saturated carbocycles. The van der Waals surface area contributed by atoms with Crippen molar-refractivity contribution in [3.8, 4) is 0 Å². The zero-order valence-electron chi connectivity index (χ0n) is 15.4. The molecule has 1 aliphatic rings. The third-order valence-corrected chi connectivity index (χ3v) is 5.68. The summed E-state index contributed by atoms with van der Waals surface area (Å²) in [5, 5.41) is 9.99. The molecule has 0 aliphatic carbocycles. The Morgan fingerprint density at radius 1 is 1.23 bits per heavy atom. The number of nitrogens with two attached hydrogens (primary N) is 1. The van der Waals surface area contributed by atoms with Crippen LogP contribution in [0.5, 0.6) is 0 Å². The summed E-state index contributed by atoms with van der Waals surface area (Å²) in [6.07, 6.45) is 0.766. The van der Waals surface area contributed by atoms with E-state index in [0.29, 0.717) is 17.0 Å². The number of anilines is 2. The van der Waals surface area contributed by atoms with Crippen LogP contribution in [-0.2, 0) is 5.75 Å². The Kier molecular flexibility index (Phi) is 6.34. The van der Waals surface area contributed by atoms with E-state index >= 15 is 0 Å². The van der Waals surface area contributed by atoms with Crippen LogP contribution in [0, 0.1) is 6.92 Å². The number of rotatable bonds is 6. The smallest absolute Gasteiger partial charge is 0.191 e. The van der Waals surface area contributed by atoms with Crippen molar-refractivity contribution in [1.82, 2.24) is 14.9 Å². The van der Waals surface area contributed by atoms with Crippen molar-refractivity contribution in [2.24, 2.45) is 0 Å². The number of thioether (sulfide) groups is 1. The molecule has 3 N–H and O–H groups in total. The minimum absolute atomic E-state index is 0.201. The molecule has 2 heterocycles. The first-order valence-corrected chi connectivity index (χ1v) is 9.92. The van der Waals surface area contributed by atoms with Gasteiger partial charge in [-0.1, -0.05) is 41.6 Å². The number of nitrogen functional groups attached to an aromatic ring is 1.